The fraction of sp³-hybridized carbons (Fsp3) is 0.727. The SMILES string of the molecule is C1Cc2nc(CN3CCCC3)sc2C1. The van der Waals surface area contributed by atoms with E-state index in [0.29, 0.717) is 0 Å². The van der Waals surface area contributed by atoms with Crippen molar-refractivity contribution in [3.8, 4) is 0 Å². The zero-order valence-electron chi connectivity index (χ0n) is 8.46. The van der Waals surface area contributed by atoms with Gasteiger partial charge in [-0.3, -0.25) is 4.90 Å². The maximum Gasteiger partial charge on any atom is 0.107 e. The zero-order chi connectivity index (χ0) is 9.38. The molecule has 1 aromatic heterocycles. The van der Waals surface area contributed by atoms with Gasteiger partial charge in [-0.1, -0.05) is 0 Å². The molecule has 0 saturated carbocycles. The van der Waals surface area contributed by atoms with Crippen molar-refractivity contribution in [3.63, 3.8) is 0 Å². The number of thiazole rings is 1. The summed E-state index contributed by atoms with van der Waals surface area (Å²) in [6.07, 6.45) is 6.60. The highest BCUT2D eigenvalue weighted by molar-refractivity contribution is 7.11. The first-order valence-corrected chi connectivity index (χ1v) is 6.43. The summed E-state index contributed by atoms with van der Waals surface area (Å²) in [6, 6.07) is 0. The standard InChI is InChI=1S/C11H16N2S/c1-2-7-13(6-1)8-11-12-9-4-3-5-10(9)14-11/h1-8H2. The average Bonchev–Trinajstić information content (AvgIpc) is 2.78. The van der Waals surface area contributed by atoms with Gasteiger partial charge in [0, 0.05) is 4.88 Å². The summed E-state index contributed by atoms with van der Waals surface area (Å²) in [5, 5.41) is 1.36. The predicted molar refractivity (Wildman–Crippen MR) is 58.7 cm³/mol. The average molecular weight is 208 g/mol. The Labute approximate surface area is 89.0 Å². The first-order valence-electron chi connectivity index (χ1n) is 5.61. The minimum absolute atomic E-state index is 1.11. The molecule has 0 amide bonds. The molecule has 0 aromatic carbocycles. The monoisotopic (exact) mass is 208 g/mol. The van der Waals surface area contributed by atoms with Gasteiger partial charge in [-0.2, -0.15) is 0 Å². The van der Waals surface area contributed by atoms with Crippen molar-refractivity contribution in [2.45, 2.75) is 38.6 Å². The number of hydrogen-bond donors (Lipinski definition) is 0. The van der Waals surface area contributed by atoms with E-state index in [2.05, 4.69) is 4.90 Å². The zero-order valence-corrected chi connectivity index (χ0v) is 9.28. The Bertz CT molecular complexity index is 305. The van der Waals surface area contributed by atoms with E-state index in [-0.39, 0.29) is 0 Å². The van der Waals surface area contributed by atoms with Gasteiger partial charge in [-0.25, -0.2) is 4.98 Å². The summed E-state index contributed by atoms with van der Waals surface area (Å²) in [4.78, 5) is 8.84. The van der Waals surface area contributed by atoms with E-state index >= 15 is 0 Å². The minimum atomic E-state index is 1.11. The summed E-state index contributed by atoms with van der Waals surface area (Å²) < 4.78 is 0. The Balaban J connectivity index is 1.71. The molecule has 3 heteroatoms. The molecule has 0 spiro atoms. The van der Waals surface area contributed by atoms with Gasteiger partial charge in [0.1, 0.15) is 5.01 Å². The van der Waals surface area contributed by atoms with Crippen LogP contribution < -0.4 is 0 Å². The summed E-state index contributed by atoms with van der Waals surface area (Å²) in [5.41, 5.74) is 1.41. The van der Waals surface area contributed by atoms with Crippen LogP contribution in [0.25, 0.3) is 0 Å². The van der Waals surface area contributed by atoms with E-state index in [1.807, 2.05) is 11.3 Å². The minimum Gasteiger partial charge on any atom is -0.297 e. The molecule has 0 atom stereocenters. The molecule has 2 nitrogen and oxygen atoms in total. The van der Waals surface area contributed by atoms with Crippen LogP contribution in [-0.2, 0) is 19.4 Å². The second-order valence-electron chi connectivity index (χ2n) is 4.31. The molecule has 0 bridgehead atoms. The van der Waals surface area contributed by atoms with E-state index in [0.717, 1.165) is 6.54 Å². The van der Waals surface area contributed by atoms with E-state index in [4.69, 9.17) is 4.98 Å². The Morgan fingerprint density at radius 3 is 2.79 bits per heavy atom. The maximum absolute atomic E-state index is 4.73. The Morgan fingerprint density at radius 1 is 1.14 bits per heavy atom. The fourth-order valence-corrected chi connectivity index (χ4v) is 3.64. The van der Waals surface area contributed by atoms with Crippen LogP contribution in [0.3, 0.4) is 0 Å². The molecular weight excluding hydrogens is 192 g/mol. The lowest BCUT2D eigenvalue weighted by Gasteiger charge is -2.11. The number of rotatable bonds is 2. The molecule has 3 rings (SSSR count). The molecule has 1 saturated heterocycles. The Kier molecular flexibility index (Phi) is 2.30. The molecule has 1 fully saturated rings. The van der Waals surface area contributed by atoms with Gasteiger partial charge in [-0.05, 0) is 45.2 Å². The number of aryl methyl sites for hydroxylation is 2. The normalized spacial score (nSPS) is 21.7. The van der Waals surface area contributed by atoms with Crippen molar-refractivity contribution in [2.24, 2.45) is 0 Å². The van der Waals surface area contributed by atoms with Crippen molar-refractivity contribution in [1.82, 2.24) is 9.88 Å². The molecular formula is C11H16N2S. The third kappa shape index (κ3) is 1.59. The van der Waals surface area contributed by atoms with Crippen LogP contribution in [0.1, 0.15) is 34.8 Å². The van der Waals surface area contributed by atoms with E-state index in [1.165, 1.54) is 55.9 Å². The van der Waals surface area contributed by atoms with Crippen LogP contribution in [0.4, 0.5) is 0 Å². The van der Waals surface area contributed by atoms with Gasteiger partial charge >= 0.3 is 0 Å². The van der Waals surface area contributed by atoms with Crippen LogP contribution in [0, 0.1) is 0 Å². The summed E-state index contributed by atoms with van der Waals surface area (Å²) in [5.74, 6) is 0. The second-order valence-corrected chi connectivity index (χ2v) is 5.48. The number of aromatic nitrogens is 1. The maximum atomic E-state index is 4.73. The number of likely N-dealkylation sites (tertiary alicyclic amines) is 1. The lowest BCUT2D eigenvalue weighted by molar-refractivity contribution is 0.330. The number of fused-ring (bicyclic) bond motifs is 1. The lowest BCUT2D eigenvalue weighted by atomic mass is 10.4. The van der Waals surface area contributed by atoms with Crippen molar-refractivity contribution in [3.05, 3.63) is 15.6 Å². The van der Waals surface area contributed by atoms with Crippen molar-refractivity contribution in [1.29, 1.82) is 0 Å². The molecule has 1 aliphatic carbocycles. The van der Waals surface area contributed by atoms with E-state index in [1.54, 1.807) is 4.88 Å². The predicted octanol–water partition coefficient (Wildman–Crippen LogP) is 2.23. The van der Waals surface area contributed by atoms with E-state index < -0.39 is 0 Å². The molecule has 0 unspecified atom stereocenters. The topological polar surface area (TPSA) is 16.1 Å². The summed E-state index contributed by atoms with van der Waals surface area (Å²) in [6.45, 7) is 3.67. The Morgan fingerprint density at radius 2 is 2.00 bits per heavy atom. The van der Waals surface area contributed by atoms with Gasteiger partial charge in [0.05, 0.1) is 12.2 Å². The smallest absolute Gasteiger partial charge is 0.107 e. The number of nitrogens with zero attached hydrogens (tertiary/aromatic N) is 2. The first-order chi connectivity index (χ1) is 6.92. The van der Waals surface area contributed by atoms with Crippen molar-refractivity contribution < 1.29 is 0 Å². The highest BCUT2D eigenvalue weighted by Gasteiger charge is 2.19. The number of hydrogen-bond acceptors (Lipinski definition) is 3. The van der Waals surface area contributed by atoms with Gasteiger partial charge in [0.15, 0.2) is 0 Å². The molecule has 14 heavy (non-hydrogen) atoms. The van der Waals surface area contributed by atoms with Crippen LogP contribution in [0.15, 0.2) is 0 Å². The lowest BCUT2D eigenvalue weighted by Crippen LogP contribution is -2.18. The van der Waals surface area contributed by atoms with E-state index in [9.17, 15) is 0 Å². The van der Waals surface area contributed by atoms with Gasteiger partial charge in [-0.15, -0.1) is 11.3 Å². The molecule has 0 N–H and O–H groups in total. The van der Waals surface area contributed by atoms with Crippen molar-refractivity contribution in [2.75, 3.05) is 13.1 Å². The van der Waals surface area contributed by atoms with Gasteiger partial charge in [0.2, 0.25) is 0 Å². The van der Waals surface area contributed by atoms with Gasteiger partial charge in [0.25, 0.3) is 0 Å². The molecule has 1 aliphatic heterocycles. The first kappa shape index (κ1) is 8.86. The third-order valence-corrected chi connectivity index (χ3v) is 4.34. The quantitative estimate of drug-likeness (QED) is 0.741. The van der Waals surface area contributed by atoms with Gasteiger partial charge < -0.3 is 0 Å². The molecule has 2 heterocycles. The summed E-state index contributed by atoms with van der Waals surface area (Å²) in [7, 11) is 0. The highest BCUT2D eigenvalue weighted by Crippen LogP contribution is 2.28. The largest absolute Gasteiger partial charge is 0.297 e. The van der Waals surface area contributed by atoms with Crippen LogP contribution in [0.2, 0.25) is 0 Å². The second kappa shape index (κ2) is 3.63. The highest BCUT2D eigenvalue weighted by atomic mass is 32.1. The summed E-state index contributed by atoms with van der Waals surface area (Å²) >= 11 is 1.96. The fourth-order valence-electron chi connectivity index (χ4n) is 2.44. The molecule has 76 valence electrons. The molecule has 0 radical (unpaired) electrons. The van der Waals surface area contributed by atoms with Crippen LogP contribution in [-0.4, -0.2) is 23.0 Å². The molecule has 1 aromatic rings. The van der Waals surface area contributed by atoms with Crippen LogP contribution >= 0.6 is 11.3 Å². The Hall–Kier alpha value is -0.410. The third-order valence-electron chi connectivity index (χ3n) is 3.20. The van der Waals surface area contributed by atoms with Crippen molar-refractivity contribution >= 4 is 11.3 Å². The molecule has 2 aliphatic rings. The van der Waals surface area contributed by atoms with Crippen LogP contribution in [0.5, 0.6) is 0 Å².